The molecule has 3 rings (SSSR count). The molecule has 0 saturated carbocycles. The lowest BCUT2D eigenvalue weighted by Gasteiger charge is -2.29. The molecule has 8 nitrogen and oxygen atoms in total. The molecule has 3 heterocycles. The van der Waals surface area contributed by atoms with Crippen LogP contribution in [0.4, 0.5) is 5.82 Å². The van der Waals surface area contributed by atoms with Gasteiger partial charge in [-0.2, -0.15) is 5.10 Å². The smallest absolute Gasteiger partial charge is 0.270 e. The predicted octanol–water partition coefficient (Wildman–Crippen LogP) is 1.90. The number of likely N-dealkylation sites (N-methyl/N-ethyl adjacent to an activating group) is 1. The fraction of sp³-hybridized carbons (Fsp3) is 0.571. The molecule has 0 fully saturated rings. The van der Waals surface area contributed by atoms with Crippen molar-refractivity contribution >= 4 is 11.7 Å². The minimum atomic E-state index is -0.563. The number of pyridine rings is 1. The van der Waals surface area contributed by atoms with Crippen LogP contribution in [-0.2, 0) is 13.5 Å². The molecular weight excluding hydrogens is 370 g/mol. The summed E-state index contributed by atoms with van der Waals surface area (Å²) in [6.07, 6.45) is 5.97. The van der Waals surface area contributed by atoms with E-state index in [4.69, 9.17) is 4.74 Å². The number of anilines is 1. The lowest BCUT2D eigenvalue weighted by molar-refractivity contribution is 0.0802. The summed E-state index contributed by atoms with van der Waals surface area (Å²) in [6, 6.07) is 1.50. The minimum Gasteiger partial charge on any atom is -0.488 e. The largest absolute Gasteiger partial charge is 0.488 e. The van der Waals surface area contributed by atoms with Crippen LogP contribution in [0.15, 0.2) is 18.5 Å². The van der Waals surface area contributed by atoms with Crippen LogP contribution in [0.25, 0.3) is 0 Å². The number of carbonyl (C=O) groups is 1. The number of aromatic nitrogens is 3. The van der Waals surface area contributed by atoms with Gasteiger partial charge in [0.1, 0.15) is 12.3 Å². The van der Waals surface area contributed by atoms with Crippen LogP contribution < -0.4 is 15.0 Å². The van der Waals surface area contributed by atoms with E-state index in [1.54, 1.807) is 10.7 Å². The number of hydrogen-bond donors (Lipinski definition) is 2. The molecular formula is C21H31N5O3. The monoisotopic (exact) mass is 401 g/mol. The van der Waals surface area contributed by atoms with E-state index in [2.05, 4.69) is 15.4 Å². The maximum Gasteiger partial charge on any atom is 0.270 e. The van der Waals surface area contributed by atoms with Gasteiger partial charge >= 0.3 is 0 Å². The van der Waals surface area contributed by atoms with Crippen molar-refractivity contribution in [2.45, 2.75) is 51.7 Å². The molecule has 1 amide bonds. The lowest BCUT2D eigenvalue weighted by atomic mass is 10.0. The molecule has 2 unspecified atom stereocenters. The number of aliphatic hydroxyl groups excluding tert-OH is 1. The summed E-state index contributed by atoms with van der Waals surface area (Å²) in [5, 5.41) is 17.5. The average Bonchev–Trinajstić information content (AvgIpc) is 3.11. The Hall–Kier alpha value is -2.61. The second-order valence-electron chi connectivity index (χ2n) is 7.63. The van der Waals surface area contributed by atoms with Gasteiger partial charge in [-0.1, -0.05) is 20.3 Å². The van der Waals surface area contributed by atoms with E-state index in [0.29, 0.717) is 43.9 Å². The Bertz CT molecular complexity index is 851. The SMILES string of the molecule is CCCC(O)C(CC)NC(=O)c1cc(Cc2cnn(C)c2)c2c(n1)N(C)CCO2. The van der Waals surface area contributed by atoms with Gasteiger partial charge in [-0.25, -0.2) is 4.98 Å². The van der Waals surface area contributed by atoms with Crippen LogP contribution in [0.2, 0.25) is 0 Å². The zero-order valence-corrected chi connectivity index (χ0v) is 17.7. The Kier molecular flexibility index (Phi) is 6.74. The van der Waals surface area contributed by atoms with Crippen molar-refractivity contribution in [1.82, 2.24) is 20.1 Å². The molecule has 0 saturated heterocycles. The third kappa shape index (κ3) is 4.87. The van der Waals surface area contributed by atoms with Crippen molar-refractivity contribution in [3.63, 3.8) is 0 Å². The topological polar surface area (TPSA) is 92.5 Å². The standard InChI is InChI=1S/C21H31N5O3/c1-5-7-18(27)16(6-2)24-21(28)17-11-15(10-14-12-22-26(4)13-14)19-20(23-17)25(3)8-9-29-19/h11-13,16,18,27H,5-10H2,1-4H3,(H,24,28). The number of fused-ring (bicyclic) bond motifs is 1. The molecule has 0 aliphatic carbocycles. The molecule has 158 valence electrons. The van der Waals surface area contributed by atoms with Crippen LogP contribution in [0.3, 0.4) is 0 Å². The van der Waals surface area contributed by atoms with Gasteiger partial charge in [-0.05, 0) is 24.5 Å². The Morgan fingerprint density at radius 1 is 1.38 bits per heavy atom. The van der Waals surface area contributed by atoms with Crippen LogP contribution in [-0.4, -0.2) is 58.1 Å². The summed E-state index contributed by atoms with van der Waals surface area (Å²) < 4.78 is 7.66. The quantitative estimate of drug-likeness (QED) is 0.702. The lowest BCUT2D eigenvalue weighted by Crippen LogP contribution is -2.43. The minimum absolute atomic E-state index is 0.277. The summed E-state index contributed by atoms with van der Waals surface area (Å²) >= 11 is 0. The van der Waals surface area contributed by atoms with E-state index >= 15 is 0 Å². The van der Waals surface area contributed by atoms with Crippen molar-refractivity contribution < 1.29 is 14.6 Å². The molecule has 0 bridgehead atoms. The molecule has 1 aliphatic heterocycles. The molecule has 2 aromatic heterocycles. The summed E-state index contributed by atoms with van der Waals surface area (Å²) in [5.74, 6) is 1.11. The molecule has 8 heteroatoms. The van der Waals surface area contributed by atoms with Gasteiger partial charge in [-0.3, -0.25) is 9.48 Å². The molecule has 0 radical (unpaired) electrons. The summed E-state index contributed by atoms with van der Waals surface area (Å²) in [4.78, 5) is 19.5. The fourth-order valence-corrected chi connectivity index (χ4v) is 3.62. The van der Waals surface area contributed by atoms with E-state index in [-0.39, 0.29) is 11.9 Å². The fourth-order valence-electron chi connectivity index (χ4n) is 3.62. The number of amides is 1. The van der Waals surface area contributed by atoms with Crippen LogP contribution in [0.5, 0.6) is 5.75 Å². The van der Waals surface area contributed by atoms with E-state index in [1.165, 1.54) is 0 Å². The number of carbonyl (C=O) groups excluding carboxylic acids is 1. The van der Waals surface area contributed by atoms with E-state index < -0.39 is 6.10 Å². The van der Waals surface area contributed by atoms with Gasteiger partial charge in [-0.15, -0.1) is 0 Å². The number of ether oxygens (including phenoxy) is 1. The normalized spacial score (nSPS) is 15.4. The van der Waals surface area contributed by atoms with Crippen LogP contribution >= 0.6 is 0 Å². The first-order chi connectivity index (χ1) is 13.9. The molecule has 2 N–H and O–H groups in total. The first kappa shape index (κ1) is 21.1. The van der Waals surface area contributed by atoms with Crippen molar-refractivity contribution in [3.8, 4) is 5.75 Å². The predicted molar refractivity (Wildman–Crippen MR) is 111 cm³/mol. The molecule has 0 aromatic carbocycles. The van der Waals surface area contributed by atoms with E-state index in [0.717, 1.165) is 23.3 Å². The highest BCUT2D eigenvalue weighted by molar-refractivity contribution is 5.93. The summed E-state index contributed by atoms with van der Waals surface area (Å²) in [6.45, 7) is 5.27. The summed E-state index contributed by atoms with van der Waals surface area (Å²) in [5.41, 5.74) is 2.28. The number of rotatable bonds is 8. The zero-order chi connectivity index (χ0) is 21.0. The highest BCUT2D eigenvalue weighted by atomic mass is 16.5. The highest BCUT2D eigenvalue weighted by Crippen LogP contribution is 2.34. The first-order valence-corrected chi connectivity index (χ1v) is 10.3. The second kappa shape index (κ2) is 9.26. The number of aryl methyl sites for hydroxylation is 1. The Labute approximate surface area is 171 Å². The molecule has 0 spiro atoms. The van der Waals surface area contributed by atoms with Gasteiger partial charge in [0.05, 0.1) is 24.9 Å². The van der Waals surface area contributed by atoms with Crippen molar-refractivity contribution in [3.05, 3.63) is 35.3 Å². The third-order valence-electron chi connectivity index (χ3n) is 5.26. The van der Waals surface area contributed by atoms with E-state index in [9.17, 15) is 9.90 Å². The number of aliphatic hydroxyl groups is 1. The first-order valence-electron chi connectivity index (χ1n) is 10.3. The Balaban J connectivity index is 1.91. The second-order valence-corrected chi connectivity index (χ2v) is 7.63. The number of nitrogens with one attached hydrogen (secondary N) is 1. The van der Waals surface area contributed by atoms with Gasteiger partial charge < -0.3 is 20.1 Å². The summed E-state index contributed by atoms with van der Waals surface area (Å²) in [7, 11) is 3.82. The van der Waals surface area contributed by atoms with Gasteiger partial charge in [0.25, 0.3) is 5.91 Å². The average molecular weight is 402 g/mol. The Morgan fingerprint density at radius 2 is 2.17 bits per heavy atom. The van der Waals surface area contributed by atoms with Crippen LogP contribution in [0.1, 0.15) is 54.7 Å². The maximum absolute atomic E-state index is 13.0. The molecule has 2 atom stereocenters. The third-order valence-corrected chi connectivity index (χ3v) is 5.26. The van der Waals surface area contributed by atoms with E-state index in [1.807, 2.05) is 45.2 Å². The zero-order valence-electron chi connectivity index (χ0n) is 17.7. The van der Waals surface area contributed by atoms with Crippen molar-refractivity contribution in [1.29, 1.82) is 0 Å². The maximum atomic E-state index is 13.0. The van der Waals surface area contributed by atoms with Gasteiger partial charge in [0, 0.05) is 32.3 Å². The van der Waals surface area contributed by atoms with Gasteiger partial charge in [0.2, 0.25) is 0 Å². The molecule has 29 heavy (non-hydrogen) atoms. The van der Waals surface area contributed by atoms with Crippen LogP contribution in [0, 0.1) is 0 Å². The highest BCUT2D eigenvalue weighted by Gasteiger charge is 2.26. The van der Waals surface area contributed by atoms with Gasteiger partial charge in [0.15, 0.2) is 11.6 Å². The molecule has 1 aliphatic rings. The number of hydrogen-bond acceptors (Lipinski definition) is 6. The van der Waals surface area contributed by atoms with Crippen molar-refractivity contribution in [2.24, 2.45) is 7.05 Å². The molecule has 2 aromatic rings. The Morgan fingerprint density at radius 3 is 2.83 bits per heavy atom. The number of nitrogens with zero attached hydrogens (tertiary/aromatic N) is 4. The van der Waals surface area contributed by atoms with Crippen molar-refractivity contribution in [2.75, 3.05) is 25.1 Å².